The molecule has 1 aromatic carbocycles. The van der Waals surface area contributed by atoms with Crippen LogP contribution in [0.4, 0.5) is 5.13 Å². The van der Waals surface area contributed by atoms with E-state index in [2.05, 4.69) is 41.6 Å². The summed E-state index contributed by atoms with van der Waals surface area (Å²) in [6, 6.07) is 8.49. The standard InChI is InChI=1S/C12H13N3S/c1-7-6-10-11(14-12(15-13)16-10)9-5-3-2-4-8(7)9/h2-5,7H,6,13H2,1H3,(H,14,15). The quantitative estimate of drug-likeness (QED) is 0.586. The summed E-state index contributed by atoms with van der Waals surface area (Å²) in [4.78, 5) is 5.86. The highest BCUT2D eigenvalue weighted by atomic mass is 32.1. The third-order valence-corrected chi connectivity index (χ3v) is 4.07. The van der Waals surface area contributed by atoms with Gasteiger partial charge < -0.3 is 0 Å². The Balaban J connectivity index is 2.22. The number of hydrazine groups is 1. The van der Waals surface area contributed by atoms with E-state index >= 15 is 0 Å². The van der Waals surface area contributed by atoms with Crippen LogP contribution < -0.4 is 11.3 Å². The van der Waals surface area contributed by atoms with Gasteiger partial charge in [0.15, 0.2) is 5.13 Å². The molecule has 0 saturated heterocycles. The zero-order chi connectivity index (χ0) is 11.1. The molecule has 2 aromatic rings. The first-order chi connectivity index (χ1) is 7.79. The van der Waals surface area contributed by atoms with Gasteiger partial charge in [0.25, 0.3) is 0 Å². The van der Waals surface area contributed by atoms with Gasteiger partial charge in [0, 0.05) is 10.4 Å². The van der Waals surface area contributed by atoms with Crippen molar-refractivity contribution in [2.45, 2.75) is 19.3 Å². The molecule has 0 radical (unpaired) electrons. The number of hydrogen-bond donors (Lipinski definition) is 2. The van der Waals surface area contributed by atoms with Gasteiger partial charge in [-0.05, 0) is 17.9 Å². The topological polar surface area (TPSA) is 50.9 Å². The summed E-state index contributed by atoms with van der Waals surface area (Å²) in [5.41, 5.74) is 6.39. The molecule has 0 aliphatic heterocycles. The van der Waals surface area contributed by atoms with Crippen LogP contribution in [0.2, 0.25) is 0 Å². The molecule has 82 valence electrons. The van der Waals surface area contributed by atoms with Crippen molar-refractivity contribution >= 4 is 16.5 Å². The fourth-order valence-electron chi connectivity index (χ4n) is 2.29. The number of rotatable bonds is 1. The van der Waals surface area contributed by atoms with Crippen molar-refractivity contribution < 1.29 is 0 Å². The van der Waals surface area contributed by atoms with Gasteiger partial charge in [-0.2, -0.15) is 0 Å². The molecule has 0 saturated carbocycles. The fourth-order valence-corrected chi connectivity index (χ4v) is 3.31. The minimum Gasteiger partial charge on any atom is -0.300 e. The number of anilines is 1. The van der Waals surface area contributed by atoms with Crippen molar-refractivity contribution in [1.29, 1.82) is 0 Å². The fraction of sp³-hybridized carbons (Fsp3) is 0.250. The van der Waals surface area contributed by atoms with Crippen molar-refractivity contribution in [3.8, 4) is 11.3 Å². The molecule has 0 amide bonds. The average Bonchev–Trinajstić information content (AvgIpc) is 2.72. The van der Waals surface area contributed by atoms with E-state index in [1.807, 2.05) is 0 Å². The largest absolute Gasteiger partial charge is 0.300 e. The van der Waals surface area contributed by atoms with Crippen molar-refractivity contribution in [3.05, 3.63) is 34.7 Å². The lowest BCUT2D eigenvalue weighted by atomic mass is 9.86. The molecule has 0 fully saturated rings. The maximum atomic E-state index is 5.41. The molecule has 16 heavy (non-hydrogen) atoms. The number of fused-ring (bicyclic) bond motifs is 3. The summed E-state index contributed by atoms with van der Waals surface area (Å²) < 4.78 is 0. The molecule has 0 bridgehead atoms. The molecular formula is C12H13N3S. The van der Waals surface area contributed by atoms with Gasteiger partial charge in [-0.25, -0.2) is 10.8 Å². The van der Waals surface area contributed by atoms with Crippen LogP contribution in [0.15, 0.2) is 24.3 Å². The predicted octanol–water partition coefficient (Wildman–Crippen LogP) is 2.76. The number of nitrogen functional groups attached to an aromatic ring is 1. The Morgan fingerprint density at radius 2 is 2.25 bits per heavy atom. The maximum absolute atomic E-state index is 5.41. The van der Waals surface area contributed by atoms with Gasteiger partial charge in [-0.1, -0.05) is 31.2 Å². The lowest BCUT2D eigenvalue weighted by Crippen LogP contribution is -2.07. The van der Waals surface area contributed by atoms with Crippen LogP contribution in [-0.4, -0.2) is 4.98 Å². The minimum absolute atomic E-state index is 0.565. The maximum Gasteiger partial charge on any atom is 0.197 e. The lowest BCUT2D eigenvalue weighted by Gasteiger charge is -2.20. The number of nitrogens with two attached hydrogens (primary N) is 1. The first kappa shape index (κ1) is 9.81. The number of benzene rings is 1. The first-order valence-corrected chi connectivity index (χ1v) is 6.17. The van der Waals surface area contributed by atoms with E-state index in [9.17, 15) is 0 Å². The van der Waals surface area contributed by atoms with Crippen molar-refractivity contribution in [2.75, 3.05) is 5.43 Å². The molecule has 1 unspecified atom stereocenters. The van der Waals surface area contributed by atoms with Crippen LogP contribution in [-0.2, 0) is 6.42 Å². The number of aromatic nitrogens is 1. The second-order valence-electron chi connectivity index (χ2n) is 4.13. The van der Waals surface area contributed by atoms with Gasteiger partial charge in [0.1, 0.15) is 0 Å². The Labute approximate surface area is 98.3 Å². The molecule has 1 aromatic heterocycles. The van der Waals surface area contributed by atoms with Crippen LogP contribution in [0.25, 0.3) is 11.3 Å². The Hall–Kier alpha value is -1.39. The van der Waals surface area contributed by atoms with Gasteiger partial charge in [-0.3, -0.25) is 5.43 Å². The van der Waals surface area contributed by atoms with Gasteiger partial charge in [0.05, 0.1) is 5.69 Å². The minimum atomic E-state index is 0.565. The normalized spacial score (nSPS) is 17.8. The molecule has 1 heterocycles. The summed E-state index contributed by atoms with van der Waals surface area (Å²) in [7, 11) is 0. The molecule has 1 aliphatic carbocycles. The average molecular weight is 231 g/mol. The SMILES string of the molecule is CC1Cc2sc(NN)nc2-c2ccccc21. The third-order valence-electron chi connectivity index (χ3n) is 3.06. The smallest absolute Gasteiger partial charge is 0.197 e. The second-order valence-corrected chi connectivity index (χ2v) is 5.21. The molecule has 1 atom stereocenters. The van der Waals surface area contributed by atoms with Gasteiger partial charge >= 0.3 is 0 Å². The van der Waals surface area contributed by atoms with E-state index in [1.54, 1.807) is 11.3 Å². The summed E-state index contributed by atoms with van der Waals surface area (Å²) in [5, 5.41) is 0.800. The van der Waals surface area contributed by atoms with Gasteiger partial charge in [-0.15, -0.1) is 11.3 Å². The monoisotopic (exact) mass is 231 g/mol. The molecular weight excluding hydrogens is 218 g/mol. The first-order valence-electron chi connectivity index (χ1n) is 5.35. The highest BCUT2D eigenvalue weighted by molar-refractivity contribution is 7.16. The summed E-state index contributed by atoms with van der Waals surface area (Å²) in [6.45, 7) is 2.26. The summed E-state index contributed by atoms with van der Waals surface area (Å²) in [5.74, 6) is 5.98. The van der Waals surface area contributed by atoms with Crippen molar-refractivity contribution in [2.24, 2.45) is 5.84 Å². The van der Waals surface area contributed by atoms with Crippen molar-refractivity contribution in [3.63, 3.8) is 0 Å². The van der Waals surface area contributed by atoms with Crippen LogP contribution in [0.5, 0.6) is 0 Å². The van der Waals surface area contributed by atoms with E-state index in [0.29, 0.717) is 5.92 Å². The van der Waals surface area contributed by atoms with Crippen LogP contribution in [0, 0.1) is 0 Å². The molecule has 4 heteroatoms. The predicted molar refractivity (Wildman–Crippen MR) is 67.5 cm³/mol. The zero-order valence-electron chi connectivity index (χ0n) is 9.03. The third kappa shape index (κ3) is 1.34. The molecule has 3 N–H and O–H groups in total. The molecule has 3 nitrogen and oxygen atoms in total. The van der Waals surface area contributed by atoms with Crippen molar-refractivity contribution in [1.82, 2.24) is 4.98 Å². The highest BCUT2D eigenvalue weighted by Gasteiger charge is 2.24. The Kier molecular flexibility index (Phi) is 2.19. The van der Waals surface area contributed by atoms with E-state index in [4.69, 9.17) is 5.84 Å². The Bertz CT molecular complexity index is 533. The molecule has 1 aliphatic rings. The summed E-state index contributed by atoms with van der Waals surface area (Å²) in [6.07, 6.45) is 1.06. The van der Waals surface area contributed by atoms with Crippen LogP contribution >= 0.6 is 11.3 Å². The highest BCUT2D eigenvalue weighted by Crippen LogP contribution is 2.42. The zero-order valence-corrected chi connectivity index (χ0v) is 9.84. The number of nitrogens with one attached hydrogen (secondary N) is 1. The second kappa shape index (κ2) is 3.57. The summed E-state index contributed by atoms with van der Waals surface area (Å²) >= 11 is 1.66. The number of nitrogens with zero attached hydrogens (tertiary/aromatic N) is 1. The Morgan fingerprint density at radius 1 is 1.44 bits per heavy atom. The van der Waals surface area contributed by atoms with E-state index < -0.39 is 0 Å². The van der Waals surface area contributed by atoms with Crippen LogP contribution in [0.1, 0.15) is 23.3 Å². The molecule has 0 spiro atoms. The van der Waals surface area contributed by atoms with Gasteiger partial charge in [0.2, 0.25) is 0 Å². The van der Waals surface area contributed by atoms with E-state index in [0.717, 1.165) is 17.2 Å². The number of thiazole rings is 1. The van der Waals surface area contributed by atoms with Crippen LogP contribution in [0.3, 0.4) is 0 Å². The lowest BCUT2D eigenvalue weighted by molar-refractivity contribution is 0.757. The molecule has 3 rings (SSSR count). The van der Waals surface area contributed by atoms with E-state index in [-0.39, 0.29) is 0 Å². The van der Waals surface area contributed by atoms with E-state index in [1.165, 1.54) is 16.0 Å². The number of hydrogen-bond acceptors (Lipinski definition) is 4. The Morgan fingerprint density at radius 3 is 3.06 bits per heavy atom.